The summed E-state index contributed by atoms with van der Waals surface area (Å²) in [6.07, 6.45) is 5.15. The van der Waals surface area contributed by atoms with Gasteiger partial charge in [0.15, 0.2) is 0 Å². The molecule has 1 rings (SSSR count). The zero-order chi connectivity index (χ0) is 12.9. The number of hydrogen-bond acceptors (Lipinski definition) is 3. The smallest absolute Gasteiger partial charge is 0.0534 e. The Morgan fingerprint density at radius 3 is 2.71 bits per heavy atom. The van der Waals surface area contributed by atoms with Gasteiger partial charge in [-0.1, -0.05) is 6.92 Å². The lowest BCUT2D eigenvalue weighted by atomic mass is 10.0. The molecule has 0 saturated carbocycles. The van der Waals surface area contributed by atoms with Crippen LogP contribution in [0.5, 0.6) is 0 Å². The van der Waals surface area contributed by atoms with E-state index in [4.69, 9.17) is 0 Å². The highest BCUT2D eigenvalue weighted by Crippen LogP contribution is 2.06. The van der Waals surface area contributed by atoms with E-state index >= 15 is 0 Å². The zero-order valence-electron chi connectivity index (χ0n) is 11.8. The van der Waals surface area contributed by atoms with Crippen molar-refractivity contribution in [2.24, 2.45) is 7.05 Å². The summed E-state index contributed by atoms with van der Waals surface area (Å²) < 4.78 is 1.85. The molecule has 0 aliphatic rings. The third-order valence-electron chi connectivity index (χ3n) is 3.19. The van der Waals surface area contributed by atoms with E-state index in [1.165, 1.54) is 5.56 Å². The second-order valence-electron chi connectivity index (χ2n) is 5.42. The molecule has 0 amide bonds. The molecule has 17 heavy (non-hydrogen) atoms. The Morgan fingerprint density at radius 1 is 1.47 bits per heavy atom. The molecule has 1 N–H and O–H groups in total. The molecule has 0 bridgehead atoms. The molecule has 0 spiro atoms. The summed E-state index contributed by atoms with van der Waals surface area (Å²) >= 11 is 0. The summed E-state index contributed by atoms with van der Waals surface area (Å²) in [6, 6.07) is 0. The quantitative estimate of drug-likeness (QED) is 0.784. The first-order chi connectivity index (χ1) is 7.93. The molecule has 0 unspecified atom stereocenters. The molecule has 0 radical (unpaired) electrons. The van der Waals surface area contributed by atoms with Gasteiger partial charge in [-0.2, -0.15) is 5.10 Å². The van der Waals surface area contributed by atoms with Crippen molar-refractivity contribution < 1.29 is 0 Å². The van der Waals surface area contributed by atoms with Crippen LogP contribution in [-0.4, -0.2) is 40.4 Å². The van der Waals surface area contributed by atoms with Crippen molar-refractivity contribution in [2.75, 3.05) is 20.1 Å². The van der Waals surface area contributed by atoms with Gasteiger partial charge in [0.25, 0.3) is 0 Å². The van der Waals surface area contributed by atoms with Gasteiger partial charge in [0.2, 0.25) is 0 Å². The summed E-state index contributed by atoms with van der Waals surface area (Å²) in [4.78, 5) is 2.32. The predicted octanol–water partition coefficient (Wildman–Crippen LogP) is 1.63. The average molecular weight is 238 g/mol. The molecule has 0 fully saturated rings. The summed E-state index contributed by atoms with van der Waals surface area (Å²) in [6.45, 7) is 9.74. The Hall–Kier alpha value is -0.870. The van der Waals surface area contributed by atoms with E-state index in [1.807, 2.05) is 17.9 Å². The number of hydrogen-bond donors (Lipinski definition) is 1. The van der Waals surface area contributed by atoms with Crippen LogP contribution in [0.1, 0.15) is 32.8 Å². The van der Waals surface area contributed by atoms with Gasteiger partial charge in [0.05, 0.1) is 6.20 Å². The normalized spacial score (nSPS) is 12.4. The maximum absolute atomic E-state index is 4.18. The molecule has 0 aromatic carbocycles. The number of nitrogens with one attached hydrogen (secondary N) is 1. The van der Waals surface area contributed by atoms with E-state index < -0.39 is 0 Å². The first-order valence-corrected chi connectivity index (χ1v) is 6.34. The molecule has 1 aromatic heterocycles. The Kier molecular flexibility index (Phi) is 5.15. The SMILES string of the molecule is CCC(C)(C)NCCN(C)Cc1cnn(C)c1. The summed E-state index contributed by atoms with van der Waals surface area (Å²) in [5.74, 6) is 0. The predicted molar refractivity (Wildman–Crippen MR) is 71.9 cm³/mol. The standard InChI is InChI=1S/C13H26N4/c1-6-13(2,3)14-7-8-16(4)10-12-9-15-17(5)11-12/h9,11,14H,6-8,10H2,1-5H3. The van der Waals surface area contributed by atoms with Crippen LogP contribution in [0.2, 0.25) is 0 Å². The lowest BCUT2D eigenvalue weighted by molar-refractivity contribution is 0.293. The molecular formula is C13H26N4. The minimum Gasteiger partial charge on any atom is -0.311 e. The summed E-state index contributed by atoms with van der Waals surface area (Å²) in [7, 11) is 4.10. The Morgan fingerprint density at radius 2 is 2.18 bits per heavy atom. The number of rotatable bonds is 7. The van der Waals surface area contributed by atoms with Gasteiger partial charge in [-0.25, -0.2) is 0 Å². The van der Waals surface area contributed by atoms with Crippen molar-refractivity contribution in [3.8, 4) is 0 Å². The minimum atomic E-state index is 0.245. The molecule has 0 aliphatic carbocycles. The highest BCUT2D eigenvalue weighted by atomic mass is 15.2. The van der Waals surface area contributed by atoms with E-state index in [1.54, 1.807) is 0 Å². The molecular weight excluding hydrogens is 212 g/mol. The van der Waals surface area contributed by atoms with Gasteiger partial charge in [-0.05, 0) is 27.3 Å². The van der Waals surface area contributed by atoms with Gasteiger partial charge in [-0.3, -0.25) is 4.68 Å². The van der Waals surface area contributed by atoms with Gasteiger partial charge < -0.3 is 10.2 Å². The molecule has 0 aliphatic heterocycles. The van der Waals surface area contributed by atoms with E-state index in [0.29, 0.717) is 0 Å². The van der Waals surface area contributed by atoms with Crippen LogP contribution in [0.4, 0.5) is 0 Å². The maximum atomic E-state index is 4.18. The van der Waals surface area contributed by atoms with E-state index in [9.17, 15) is 0 Å². The fourth-order valence-electron chi connectivity index (χ4n) is 1.65. The van der Waals surface area contributed by atoms with Crippen LogP contribution in [0.3, 0.4) is 0 Å². The Labute approximate surface area is 105 Å². The van der Waals surface area contributed by atoms with Crippen LogP contribution >= 0.6 is 0 Å². The monoisotopic (exact) mass is 238 g/mol. The molecule has 98 valence electrons. The zero-order valence-corrected chi connectivity index (χ0v) is 11.8. The van der Waals surface area contributed by atoms with E-state index in [-0.39, 0.29) is 5.54 Å². The molecule has 0 atom stereocenters. The number of nitrogens with zero attached hydrogens (tertiary/aromatic N) is 3. The van der Waals surface area contributed by atoms with Crippen molar-refractivity contribution >= 4 is 0 Å². The van der Waals surface area contributed by atoms with Crippen LogP contribution < -0.4 is 5.32 Å². The molecule has 0 saturated heterocycles. The highest BCUT2D eigenvalue weighted by Gasteiger charge is 2.13. The van der Waals surface area contributed by atoms with Gasteiger partial charge in [0, 0.05) is 44.0 Å². The third kappa shape index (κ3) is 5.33. The largest absolute Gasteiger partial charge is 0.311 e. The van der Waals surface area contributed by atoms with Crippen LogP contribution in [0.25, 0.3) is 0 Å². The Balaban J connectivity index is 2.24. The second-order valence-corrected chi connectivity index (χ2v) is 5.42. The number of aryl methyl sites for hydroxylation is 1. The average Bonchev–Trinajstić information content (AvgIpc) is 2.63. The van der Waals surface area contributed by atoms with E-state index in [2.05, 4.69) is 49.3 Å². The fourth-order valence-corrected chi connectivity index (χ4v) is 1.65. The van der Waals surface area contributed by atoms with Crippen LogP contribution in [0.15, 0.2) is 12.4 Å². The minimum absolute atomic E-state index is 0.245. The van der Waals surface area contributed by atoms with Crippen molar-refractivity contribution in [3.63, 3.8) is 0 Å². The molecule has 1 heterocycles. The van der Waals surface area contributed by atoms with Crippen molar-refractivity contribution in [1.82, 2.24) is 20.0 Å². The number of aromatic nitrogens is 2. The molecule has 4 nitrogen and oxygen atoms in total. The van der Waals surface area contributed by atoms with Crippen LogP contribution in [-0.2, 0) is 13.6 Å². The lowest BCUT2D eigenvalue weighted by Crippen LogP contribution is -2.42. The maximum Gasteiger partial charge on any atom is 0.0534 e. The van der Waals surface area contributed by atoms with Gasteiger partial charge >= 0.3 is 0 Å². The van der Waals surface area contributed by atoms with Crippen molar-refractivity contribution in [3.05, 3.63) is 18.0 Å². The first-order valence-electron chi connectivity index (χ1n) is 6.34. The second kappa shape index (κ2) is 6.17. The van der Waals surface area contributed by atoms with Crippen molar-refractivity contribution in [1.29, 1.82) is 0 Å². The summed E-state index contributed by atoms with van der Waals surface area (Å²) in [5.41, 5.74) is 1.51. The fraction of sp³-hybridized carbons (Fsp3) is 0.769. The summed E-state index contributed by atoms with van der Waals surface area (Å²) in [5, 5.41) is 7.74. The Bertz CT molecular complexity index is 330. The van der Waals surface area contributed by atoms with Gasteiger partial charge in [0.1, 0.15) is 0 Å². The topological polar surface area (TPSA) is 33.1 Å². The lowest BCUT2D eigenvalue weighted by Gasteiger charge is -2.26. The molecule has 4 heteroatoms. The first kappa shape index (κ1) is 14.2. The number of likely N-dealkylation sites (N-methyl/N-ethyl adjacent to an activating group) is 1. The third-order valence-corrected chi connectivity index (χ3v) is 3.19. The van der Waals surface area contributed by atoms with Crippen molar-refractivity contribution in [2.45, 2.75) is 39.3 Å². The van der Waals surface area contributed by atoms with E-state index in [0.717, 1.165) is 26.1 Å². The van der Waals surface area contributed by atoms with Crippen LogP contribution in [0, 0.1) is 0 Å². The molecule has 1 aromatic rings. The van der Waals surface area contributed by atoms with Gasteiger partial charge in [-0.15, -0.1) is 0 Å². The highest BCUT2D eigenvalue weighted by molar-refractivity contribution is 5.02.